The molecule has 0 atom stereocenters. The van der Waals surface area contributed by atoms with Crippen LogP contribution in [0.5, 0.6) is 0 Å². The van der Waals surface area contributed by atoms with Crippen molar-refractivity contribution in [3.8, 4) is 33.4 Å². The van der Waals surface area contributed by atoms with Crippen molar-refractivity contribution in [2.75, 3.05) is 4.90 Å². The molecule has 1 heterocycles. The van der Waals surface area contributed by atoms with E-state index in [0.29, 0.717) is 0 Å². The summed E-state index contributed by atoms with van der Waals surface area (Å²) in [6, 6.07) is 81.9. The van der Waals surface area contributed by atoms with Gasteiger partial charge in [-0.25, -0.2) is 0 Å². The van der Waals surface area contributed by atoms with Crippen molar-refractivity contribution >= 4 is 49.8 Å². The number of fused-ring (bicyclic) bond motifs is 3. The topological polar surface area (TPSA) is 16.4 Å². The molecule has 0 bridgehead atoms. The van der Waals surface area contributed by atoms with Gasteiger partial charge in [0.15, 0.2) is 0 Å². The number of nitrogens with zero attached hydrogens (tertiary/aromatic N) is 1. The van der Waals surface area contributed by atoms with Gasteiger partial charge in [0.25, 0.3) is 0 Å². The average molecular weight is 752 g/mol. The molecule has 0 spiro atoms. The van der Waals surface area contributed by atoms with Crippen molar-refractivity contribution in [2.24, 2.45) is 0 Å². The molecule has 12 rings (SSSR count). The average Bonchev–Trinajstić information content (AvgIpc) is 3.84. The van der Waals surface area contributed by atoms with Gasteiger partial charge in [-0.15, -0.1) is 0 Å². The maximum Gasteiger partial charge on any atom is 0.136 e. The Balaban J connectivity index is 1.04. The van der Waals surface area contributed by atoms with Crippen molar-refractivity contribution in [2.45, 2.75) is 5.41 Å². The Hall–Kier alpha value is -7.68. The minimum absolute atomic E-state index is 0.498. The van der Waals surface area contributed by atoms with Gasteiger partial charge in [0.1, 0.15) is 11.2 Å². The highest BCUT2D eigenvalue weighted by Crippen LogP contribution is 2.57. The first-order valence-electron chi connectivity index (χ1n) is 20.3. The number of benzene rings is 10. The lowest BCUT2D eigenvalue weighted by Gasteiger charge is -2.35. The zero-order valence-corrected chi connectivity index (χ0v) is 32.2. The molecule has 0 radical (unpaired) electrons. The second-order valence-electron chi connectivity index (χ2n) is 15.6. The van der Waals surface area contributed by atoms with E-state index in [-0.39, 0.29) is 0 Å². The molecule has 0 aliphatic heterocycles. The minimum Gasteiger partial charge on any atom is -0.456 e. The summed E-state index contributed by atoms with van der Waals surface area (Å²) in [7, 11) is 0. The third-order valence-corrected chi connectivity index (χ3v) is 12.5. The molecule has 0 fully saturated rings. The van der Waals surface area contributed by atoms with E-state index < -0.39 is 5.41 Å². The molecule has 1 aliphatic carbocycles. The van der Waals surface area contributed by atoms with Crippen LogP contribution in [0.1, 0.15) is 22.3 Å². The van der Waals surface area contributed by atoms with Crippen LogP contribution in [0.25, 0.3) is 66.1 Å². The Bertz CT molecular complexity index is 3250. The lowest BCUT2D eigenvalue weighted by molar-refractivity contribution is 0.669. The summed E-state index contributed by atoms with van der Waals surface area (Å²) >= 11 is 0. The van der Waals surface area contributed by atoms with E-state index in [0.717, 1.165) is 28.2 Å². The van der Waals surface area contributed by atoms with Gasteiger partial charge in [-0.3, -0.25) is 0 Å². The lowest BCUT2D eigenvalue weighted by atomic mass is 9.67. The number of rotatable bonds is 7. The fourth-order valence-electron chi connectivity index (χ4n) is 9.94. The molecule has 10 aromatic carbocycles. The zero-order chi connectivity index (χ0) is 38.9. The lowest BCUT2D eigenvalue weighted by Crippen LogP contribution is -2.28. The second-order valence-corrected chi connectivity index (χ2v) is 15.6. The second kappa shape index (κ2) is 13.2. The largest absolute Gasteiger partial charge is 0.456 e. The monoisotopic (exact) mass is 751 g/mol. The van der Waals surface area contributed by atoms with E-state index in [2.05, 4.69) is 229 Å². The standard InChI is InChI=1S/C57H37NO/c1-4-13-38(14-5-1)39-23-28-44(29-24-39)58(45-30-25-40(26-31-45)47-35-36-54-56-50(47)33-27-41-15-12-22-53(59-54)55(41)56)46-32-34-49-48-20-10-11-21-51(48)57(52(49)37-46,42-16-6-2-7-17-42)43-18-8-3-9-19-43/h1-37H. The molecule has 0 N–H and O–H groups in total. The van der Waals surface area contributed by atoms with Crippen LogP contribution in [0, 0.1) is 0 Å². The molecular weight excluding hydrogens is 715 g/mol. The molecule has 1 aromatic heterocycles. The first-order valence-corrected chi connectivity index (χ1v) is 20.3. The first kappa shape index (κ1) is 33.5. The highest BCUT2D eigenvalue weighted by Gasteiger charge is 2.46. The van der Waals surface area contributed by atoms with Gasteiger partial charge in [-0.2, -0.15) is 0 Å². The van der Waals surface area contributed by atoms with Crippen molar-refractivity contribution < 1.29 is 4.42 Å². The van der Waals surface area contributed by atoms with Gasteiger partial charge in [-0.1, -0.05) is 176 Å². The molecule has 0 saturated carbocycles. The first-order chi connectivity index (χ1) is 29.3. The fraction of sp³-hybridized carbons (Fsp3) is 0.0175. The van der Waals surface area contributed by atoms with Gasteiger partial charge >= 0.3 is 0 Å². The summed E-state index contributed by atoms with van der Waals surface area (Å²) in [4.78, 5) is 2.41. The molecule has 0 saturated heterocycles. The Kier molecular flexibility index (Phi) is 7.48. The normalized spacial score (nSPS) is 12.9. The summed E-state index contributed by atoms with van der Waals surface area (Å²) < 4.78 is 6.31. The minimum atomic E-state index is -0.498. The predicted octanol–water partition coefficient (Wildman–Crippen LogP) is 15.3. The van der Waals surface area contributed by atoms with E-state index in [1.54, 1.807) is 0 Å². The molecule has 11 aromatic rings. The van der Waals surface area contributed by atoms with Crippen LogP contribution in [0.2, 0.25) is 0 Å². The van der Waals surface area contributed by atoms with Crippen LogP contribution < -0.4 is 4.90 Å². The summed E-state index contributed by atoms with van der Waals surface area (Å²) in [6.07, 6.45) is 0. The molecule has 59 heavy (non-hydrogen) atoms. The SMILES string of the molecule is c1ccc(-c2ccc(N(c3ccc(-c4ccc5oc6cccc7ccc4c5c76)cc3)c3ccc4c(c3)C(c3ccccc3)(c3ccccc3)c3ccccc3-4)cc2)cc1. The molecule has 1 aliphatic rings. The maximum atomic E-state index is 6.31. The number of hydrogen-bond donors (Lipinski definition) is 0. The van der Waals surface area contributed by atoms with Gasteiger partial charge in [0, 0.05) is 27.8 Å². The van der Waals surface area contributed by atoms with E-state index in [1.807, 2.05) is 0 Å². The fourth-order valence-corrected chi connectivity index (χ4v) is 9.94. The van der Waals surface area contributed by atoms with Crippen molar-refractivity contribution in [1.29, 1.82) is 0 Å². The van der Waals surface area contributed by atoms with Crippen LogP contribution in [0.4, 0.5) is 17.1 Å². The summed E-state index contributed by atoms with van der Waals surface area (Å²) in [5.74, 6) is 0. The van der Waals surface area contributed by atoms with Crippen LogP contribution in [-0.2, 0) is 5.41 Å². The molecule has 2 heteroatoms. The Morgan fingerprint density at radius 1 is 0.339 bits per heavy atom. The molecule has 2 nitrogen and oxygen atoms in total. The Labute approximate surface area is 343 Å². The highest BCUT2D eigenvalue weighted by atomic mass is 16.3. The van der Waals surface area contributed by atoms with E-state index >= 15 is 0 Å². The summed E-state index contributed by atoms with van der Waals surface area (Å²) in [6.45, 7) is 0. The van der Waals surface area contributed by atoms with Gasteiger partial charge in [-0.05, 0) is 115 Å². The van der Waals surface area contributed by atoms with Crippen molar-refractivity contribution in [3.63, 3.8) is 0 Å². The van der Waals surface area contributed by atoms with E-state index in [9.17, 15) is 0 Å². The zero-order valence-electron chi connectivity index (χ0n) is 32.2. The Morgan fingerprint density at radius 2 is 0.898 bits per heavy atom. The maximum absolute atomic E-state index is 6.31. The van der Waals surface area contributed by atoms with Gasteiger partial charge < -0.3 is 9.32 Å². The highest BCUT2D eigenvalue weighted by molar-refractivity contribution is 6.24. The van der Waals surface area contributed by atoms with Crippen LogP contribution in [-0.4, -0.2) is 0 Å². The van der Waals surface area contributed by atoms with E-state index in [1.165, 1.54) is 77.2 Å². The van der Waals surface area contributed by atoms with E-state index in [4.69, 9.17) is 4.42 Å². The summed E-state index contributed by atoms with van der Waals surface area (Å²) in [5, 5.41) is 4.80. The number of furan rings is 1. The third-order valence-electron chi connectivity index (χ3n) is 12.5. The van der Waals surface area contributed by atoms with Crippen LogP contribution in [0.15, 0.2) is 229 Å². The molecular formula is C57H37NO. The number of anilines is 3. The van der Waals surface area contributed by atoms with Gasteiger partial charge in [0.2, 0.25) is 0 Å². The molecule has 0 unspecified atom stereocenters. The van der Waals surface area contributed by atoms with Gasteiger partial charge in [0.05, 0.1) is 5.41 Å². The molecule has 276 valence electrons. The predicted molar refractivity (Wildman–Crippen MR) is 245 cm³/mol. The number of hydrogen-bond acceptors (Lipinski definition) is 2. The van der Waals surface area contributed by atoms with Crippen molar-refractivity contribution in [1.82, 2.24) is 0 Å². The Morgan fingerprint density at radius 3 is 1.61 bits per heavy atom. The smallest absolute Gasteiger partial charge is 0.136 e. The quantitative estimate of drug-likeness (QED) is 0.151. The van der Waals surface area contributed by atoms with Crippen LogP contribution >= 0.6 is 0 Å². The van der Waals surface area contributed by atoms with Crippen LogP contribution in [0.3, 0.4) is 0 Å². The molecule has 0 amide bonds. The van der Waals surface area contributed by atoms with Crippen molar-refractivity contribution in [3.05, 3.63) is 247 Å². The third kappa shape index (κ3) is 5.06. The summed E-state index contributed by atoms with van der Waals surface area (Å²) in [5.41, 5.74) is 17.0.